The van der Waals surface area contributed by atoms with Gasteiger partial charge >= 0.3 is 6.09 Å². The first-order valence-electron chi connectivity index (χ1n) is 6.06. The van der Waals surface area contributed by atoms with Crippen LogP contribution in [0.3, 0.4) is 0 Å². The third kappa shape index (κ3) is 3.89. The van der Waals surface area contributed by atoms with Crippen LogP contribution in [0.1, 0.15) is 18.4 Å². The molecule has 1 aromatic carbocycles. The lowest BCUT2D eigenvalue weighted by Crippen LogP contribution is -2.40. The van der Waals surface area contributed by atoms with Gasteiger partial charge in [0.05, 0.1) is 0 Å². The summed E-state index contributed by atoms with van der Waals surface area (Å²) in [6.07, 6.45) is 1.12. The van der Waals surface area contributed by atoms with Crippen molar-refractivity contribution in [2.45, 2.75) is 25.5 Å². The summed E-state index contributed by atoms with van der Waals surface area (Å²) in [4.78, 5) is 13.0. The van der Waals surface area contributed by atoms with Crippen LogP contribution >= 0.6 is 11.6 Å². The van der Waals surface area contributed by atoms with Gasteiger partial charge in [0.25, 0.3) is 0 Å². The average Bonchev–Trinajstić information content (AvgIpc) is 2.28. The number of likely N-dealkylation sites (tertiary alicyclic amines) is 1. The molecule has 1 aliphatic rings. The maximum atomic E-state index is 10.7. The van der Waals surface area contributed by atoms with Crippen molar-refractivity contribution >= 4 is 17.7 Å². The van der Waals surface area contributed by atoms with E-state index in [0.717, 1.165) is 37.5 Å². The molecule has 1 saturated heterocycles. The zero-order valence-electron chi connectivity index (χ0n) is 10.1. The van der Waals surface area contributed by atoms with E-state index in [-0.39, 0.29) is 6.10 Å². The summed E-state index contributed by atoms with van der Waals surface area (Å²) in [5.41, 5.74) is 6.21. The molecular formula is C13H17ClN2O2. The van der Waals surface area contributed by atoms with E-state index >= 15 is 0 Å². The fourth-order valence-corrected chi connectivity index (χ4v) is 2.52. The van der Waals surface area contributed by atoms with Crippen molar-refractivity contribution in [2.75, 3.05) is 13.1 Å². The molecule has 1 atom stereocenters. The number of carbonyl (C=O) groups is 1. The van der Waals surface area contributed by atoms with Gasteiger partial charge in [0, 0.05) is 18.1 Å². The maximum absolute atomic E-state index is 10.7. The lowest BCUT2D eigenvalue weighted by Gasteiger charge is -2.31. The topological polar surface area (TPSA) is 55.6 Å². The summed E-state index contributed by atoms with van der Waals surface area (Å²) in [7, 11) is 0. The second-order valence-corrected chi connectivity index (χ2v) is 5.00. The second kappa shape index (κ2) is 6.07. The minimum atomic E-state index is -0.690. The predicted octanol–water partition coefficient (Wildman–Crippen LogP) is 2.40. The van der Waals surface area contributed by atoms with E-state index in [1.54, 1.807) is 0 Å². The van der Waals surface area contributed by atoms with Gasteiger partial charge < -0.3 is 10.5 Å². The predicted molar refractivity (Wildman–Crippen MR) is 70.4 cm³/mol. The van der Waals surface area contributed by atoms with Gasteiger partial charge in [-0.15, -0.1) is 0 Å². The van der Waals surface area contributed by atoms with Crippen molar-refractivity contribution in [2.24, 2.45) is 5.73 Å². The molecule has 1 heterocycles. The zero-order chi connectivity index (χ0) is 13.0. The number of halogens is 1. The third-order valence-electron chi connectivity index (χ3n) is 3.04. The van der Waals surface area contributed by atoms with Gasteiger partial charge in [0.1, 0.15) is 6.10 Å². The molecule has 0 radical (unpaired) electrons. The largest absolute Gasteiger partial charge is 0.445 e. The number of nitrogens with zero attached hydrogens (tertiary/aromatic N) is 1. The van der Waals surface area contributed by atoms with Crippen LogP contribution in [-0.2, 0) is 11.3 Å². The lowest BCUT2D eigenvalue weighted by molar-refractivity contribution is 0.0447. The summed E-state index contributed by atoms with van der Waals surface area (Å²) < 4.78 is 5.05. The van der Waals surface area contributed by atoms with Crippen molar-refractivity contribution in [1.82, 2.24) is 4.90 Å². The third-order valence-corrected chi connectivity index (χ3v) is 3.28. The standard InChI is InChI=1S/C13H17ClN2O2/c14-11-4-1-3-10(7-11)8-16-6-2-5-12(9-16)18-13(15)17/h1,3-4,7,12H,2,5-6,8-9H2,(H2,15,17). The molecule has 0 spiro atoms. The molecule has 0 aliphatic carbocycles. The molecule has 2 N–H and O–H groups in total. The van der Waals surface area contributed by atoms with E-state index in [1.807, 2.05) is 24.3 Å². The van der Waals surface area contributed by atoms with Crippen LogP contribution in [0.5, 0.6) is 0 Å². The molecule has 5 heteroatoms. The van der Waals surface area contributed by atoms with Gasteiger partial charge in [-0.2, -0.15) is 0 Å². The van der Waals surface area contributed by atoms with Gasteiger partial charge in [-0.1, -0.05) is 23.7 Å². The number of carbonyl (C=O) groups excluding carboxylic acids is 1. The number of primary amides is 1. The van der Waals surface area contributed by atoms with E-state index in [2.05, 4.69) is 4.90 Å². The number of amides is 1. The Kier molecular flexibility index (Phi) is 4.44. The second-order valence-electron chi connectivity index (χ2n) is 4.57. The molecular weight excluding hydrogens is 252 g/mol. The number of nitrogens with two attached hydrogens (primary N) is 1. The Morgan fingerprint density at radius 2 is 2.39 bits per heavy atom. The molecule has 0 bridgehead atoms. The van der Waals surface area contributed by atoms with Gasteiger partial charge in [-0.25, -0.2) is 4.79 Å². The van der Waals surface area contributed by atoms with Gasteiger partial charge in [0.15, 0.2) is 0 Å². The fourth-order valence-electron chi connectivity index (χ4n) is 2.31. The van der Waals surface area contributed by atoms with E-state index in [0.29, 0.717) is 0 Å². The van der Waals surface area contributed by atoms with Crippen LogP contribution in [0, 0.1) is 0 Å². The number of hydrogen-bond donors (Lipinski definition) is 1. The van der Waals surface area contributed by atoms with Crippen molar-refractivity contribution in [3.05, 3.63) is 34.9 Å². The highest BCUT2D eigenvalue weighted by atomic mass is 35.5. The number of rotatable bonds is 3. The van der Waals surface area contributed by atoms with Crippen LogP contribution in [0.2, 0.25) is 5.02 Å². The summed E-state index contributed by atoms with van der Waals surface area (Å²) in [5, 5.41) is 0.745. The smallest absolute Gasteiger partial charge is 0.404 e. The minimum absolute atomic E-state index is 0.0876. The molecule has 98 valence electrons. The van der Waals surface area contributed by atoms with Gasteiger partial charge in [-0.05, 0) is 37.1 Å². The van der Waals surface area contributed by atoms with E-state index in [4.69, 9.17) is 22.1 Å². The number of ether oxygens (including phenoxy) is 1. The highest BCUT2D eigenvalue weighted by Crippen LogP contribution is 2.17. The highest BCUT2D eigenvalue weighted by Gasteiger charge is 2.22. The zero-order valence-corrected chi connectivity index (χ0v) is 10.9. The molecule has 18 heavy (non-hydrogen) atoms. The molecule has 0 saturated carbocycles. The van der Waals surface area contributed by atoms with Crippen LogP contribution in [0.15, 0.2) is 24.3 Å². The fraction of sp³-hybridized carbons (Fsp3) is 0.462. The molecule has 1 aromatic rings. The number of benzene rings is 1. The summed E-state index contributed by atoms with van der Waals surface area (Å²) in [6.45, 7) is 2.56. The molecule has 0 aromatic heterocycles. The van der Waals surface area contributed by atoms with E-state index in [1.165, 1.54) is 5.56 Å². The van der Waals surface area contributed by atoms with Crippen LogP contribution in [-0.4, -0.2) is 30.2 Å². The Labute approximate surface area is 112 Å². The Balaban J connectivity index is 1.91. The molecule has 1 fully saturated rings. The first-order chi connectivity index (χ1) is 8.63. The average molecular weight is 269 g/mol. The molecule has 1 unspecified atom stereocenters. The van der Waals surface area contributed by atoms with Crippen LogP contribution in [0.4, 0.5) is 4.79 Å². The molecule has 4 nitrogen and oxygen atoms in total. The first kappa shape index (κ1) is 13.2. The lowest BCUT2D eigenvalue weighted by atomic mass is 10.1. The quantitative estimate of drug-likeness (QED) is 0.916. The van der Waals surface area contributed by atoms with Crippen molar-refractivity contribution in [3.8, 4) is 0 Å². The monoisotopic (exact) mass is 268 g/mol. The number of hydrogen-bond acceptors (Lipinski definition) is 3. The first-order valence-corrected chi connectivity index (χ1v) is 6.44. The highest BCUT2D eigenvalue weighted by molar-refractivity contribution is 6.30. The van der Waals surface area contributed by atoms with E-state index < -0.39 is 6.09 Å². The summed E-state index contributed by atoms with van der Waals surface area (Å²) >= 11 is 5.96. The maximum Gasteiger partial charge on any atom is 0.404 e. The SMILES string of the molecule is NC(=O)OC1CCCN(Cc2cccc(Cl)c2)C1. The Morgan fingerprint density at radius 3 is 3.11 bits per heavy atom. The normalized spacial score (nSPS) is 20.6. The summed E-state index contributed by atoms with van der Waals surface area (Å²) in [6, 6.07) is 7.81. The molecule has 1 aliphatic heterocycles. The Hall–Kier alpha value is -1.26. The number of piperidine rings is 1. The van der Waals surface area contributed by atoms with Crippen molar-refractivity contribution in [3.63, 3.8) is 0 Å². The van der Waals surface area contributed by atoms with Crippen LogP contribution in [0.25, 0.3) is 0 Å². The Bertz CT molecular complexity index is 425. The van der Waals surface area contributed by atoms with Crippen molar-refractivity contribution in [1.29, 1.82) is 0 Å². The summed E-state index contributed by atoms with van der Waals surface area (Å²) in [5.74, 6) is 0. The molecule has 1 amide bonds. The Morgan fingerprint density at radius 1 is 1.56 bits per heavy atom. The van der Waals surface area contributed by atoms with Crippen LogP contribution < -0.4 is 5.73 Å². The van der Waals surface area contributed by atoms with Gasteiger partial charge in [0.2, 0.25) is 0 Å². The van der Waals surface area contributed by atoms with Crippen molar-refractivity contribution < 1.29 is 9.53 Å². The molecule has 2 rings (SSSR count). The minimum Gasteiger partial charge on any atom is -0.445 e. The van der Waals surface area contributed by atoms with E-state index in [9.17, 15) is 4.79 Å². The van der Waals surface area contributed by atoms with Gasteiger partial charge in [-0.3, -0.25) is 4.90 Å².